The zero-order chi connectivity index (χ0) is 21.2. The minimum atomic E-state index is 0.0201. The van der Waals surface area contributed by atoms with Crippen LogP contribution in [0.15, 0.2) is 91.0 Å². The van der Waals surface area contributed by atoms with Crippen LogP contribution in [0.2, 0.25) is 0 Å². The van der Waals surface area contributed by atoms with Crippen molar-refractivity contribution in [1.29, 1.82) is 0 Å². The Hall–Kier alpha value is -3.40. The second-order valence-electron chi connectivity index (χ2n) is 7.36. The van der Waals surface area contributed by atoms with Gasteiger partial charge < -0.3 is 9.80 Å². The molecule has 4 nitrogen and oxygen atoms in total. The zero-order valence-electron chi connectivity index (χ0n) is 17.4. The van der Waals surface area contributed by atoms with E-state index in [2.05, 4.69) is 0 Å². The van der Waals surface area contributed by atoms with Crippen LogP contribution in [0, 0.1) is 0 Å². The van der Waals surface area contributed by atoms with Crippen molar-refractivity contribution in [3.63, 3.8) is 0 Å². The molecule has 0 fully saturated rings. The summed E-state index contributed by atoms with van der Waals surface area (Å²) in [7, 11) is 1.77. The van der Waals surface area contributed by atoms with Crippen molar-refractivity contribution in [2.75, 3.05) is 11.9 Å². The molecule has 0 aliphatic heterocycles. The third-order valence-corrected chi connectivity index (χ3v) is 5.08. The van der Waals surface area contributed by atoms with Crippen LogP contribution < -0.4 is 4.90 Å². The number of nitrogens with zero attached hydrogens (tertiary/aromatic N) is 2. The van der Waals surface area contributed by atoms with Crippen LogP contribution in [0.3, 0.4) is 0 Å². The first-order valence-electron chi connectivity index (χ1n) is 10.3. The molecule has 3 aromatic carbocycles. The lowest BCUT2D eigenvalue weighted by atomic mass is 10.1. The Bertz CT molecular complexity index is 886. The Morgan fingerprint density at radius 3 is 1.57 bits per heavy atom. The zero-order valence-corrected chi connectivity index (χ0v) is 17.4. The SMILES string of the molecule is CN(C(=O)CCCC(=O)N(Cc1ccccc1)Cc1ccccc1)c1ccccc1. The Balaban J connectivity index is 1.57. The molecule has 0 aliphatic rings. The molecule has 0 spiro atoms. The van der Waals surface area contributed by atoms with Crippen molar-refractivity contribution < 1.29 is 9.59 Å². The highest BCUT2D eigenvalue weighted by molar-refractivity contribution is 5.93. The van der Waals surface area contributed by atoms with E-state index in [9.17, 15) is 9.59 Å². The molecule has 0 bridgehead atoms. The van der Waals surface area contributed by atoms with Crippen LogP contribution in [0.5, 0.6) is 0 Å². The monoisotopic (exact) mass is 400 g/mol. The van der Waals surface area contributed by atoms with Crippen LogP contribution >= 0.6 is 0 Å². The molecule has 0 heterocycles. The van der Waals surface area contributed by atoms with E-state index in [-0.39, 0.29) is 11.8 Å². The number of rotatable bonds is 9. The van der Waals surface area contributed by atoms with Crippen LogP contribution in [0.1, 0.15) is 30.4 Å². The molecular weight excluding hydrogens is 372 g/mol. The van der Waals surface area contributed by atoms with Crippen molar-refractivity contribution in [3.05, 3.63) is 102 Å². The summed E-state index contributed by atoms with van der Waals surface area (Å²) >= 11 is 0. The Labute approximate surface area is 178 Å². The van der Waals surface area contributed by atoms with Gasteiger partial charge in [0.2, 0.25) is 11.8 Å². The number of anilines is 1. The van der Waals surface area contributed by atoms with E-state index < -0.39 is 0 Å². The lowest BCUT2D eigenvalue weighted by molar-refractivity contribution is -0.132. The maximum atomic E-state index is 13.0. The maximum absolute atomic E-state index is 13.0. The summed E-state index contributed by atoms with van der Waals surface area (Å²) in [6.07, 6.45) is 1.24. The maximum Gasteiger partial charge on any atom is 0.226 e. The lowest BCUT2D eigenvalue weighted by Crippen LogP contribution is -2.30. The number of para-hydroxylation sites is 1. The number of carbonyl (C=O) groups excluding carboxylic acids is 2. The number of hydrogen-bond donors (Lipinski definition) is 0. The molecule has 3 rings (SSSR count). The minimum absolute atomic E-state index is 0.0201. The van der Waals surface area contributed by atoms with E-state index in [1.807, 2.05) is 95.9 Å². The molecule has 4 heteroatoms. The van der Waals surface area contributed by atoms with E-state index in [1.165, 1.54) is 0 Å². The van der Waals surface area contributed by atoms with Gasteiger partial charge in [-0.15, -0.1) is 0 Å². The highest BCUT2D eigenvalue weighted by Gasteiger charge is 2.16. The van der Waals surface area contributed by atoms with Gasteiger partial charge in [-0.1, -0.05) is 78.9 Å². The standard InChI is InChI=1S/C26H28N2O2/c1-27(24-16-9-4-10-17-24)25(29)18-11-19-26(30)28(20-22-12-5-2-6-13-22)21-23-14-7-3-8-15-23/h2-10,12-17H,11,18-21H2,1H3. The molecule has 154 valence electrons. The Morgan fingerprint density at radius 2 is 1.07 bits per heavy atom. The second kappa shape index (κ2) is 11.0. The number of benzene rings is 3. The van der Waals surface area contributed by atoms with Gasteiger partial charge in [-0.3, -0.25) is 9.59 Å². The molecule has 2 amide bonds. The molecular formula is C26H28N2O2. The summed E-state index contributed by atoms with van der Waals surface area (Å²) in [5.41, 5.74) is 3.06. The molecule has 0 unspecified atom stereocenters. The molecule has 0 radical (unpaired) electrons. The van der Waals surface area contributed by atoms with E-state index >= 15 is 0 Å². The molecule has 0 saturated carbocycles. The van der Waals surface area contributed by atoms with Gasteiger partial charge in [-0.2, -0.15) is 0 Å². The minimum Gasteiger partial charge on any atom is -0.334 e. The van der Waals surface area contributed by atoms with Gasteiger partial charge in [0.05, 0.1) is 0 Å². The lowest BCUT2D eigenvalue weighted by Gasteiger charge is -2.23. The number of carbonyl (C=O) groups is 2. The van der Waals surface area contributed by atoms with Gasteiger partial charge in [-0.25, -0.2) is 0 Å². The smallest absolute Gasteiger partial charge is 0.226 e. The fourth-order valence-electron chi connectivity index (χ4n) is 3.35. The Morgan fingerprint density at radius 1 is 0.633 bits per heavy atom. The predicted molar refractivity (Wildman–Crippen MR) is 121 cm³/mol. The van der Waals surface area contributed by atoms with E-state index in [4.69, 9.17) is 0 Å². The van der Waals surface area contributed by atoms with Gasteiger partial charge in [0, 0.05) is 38.7 Å². The first kappa shape index (κ1) is 21.3. The third kappa shape index (κ3) is 6.31. The molecule has 3 aromatic rings. The first-order chi connectivity index (χ1) is 14.6. The highest BCUT2D eigenvalue weighted by atomic mass is 16.2. The summed E-state index contributed by atoms with van der Waals surface area (Å²) in [6.45, 7) is 1.12. The summed E-state index contributed by atoms with van der Waals surface area (Å²) in [5, 5.41) is 0. The average molecular weight is 401 g/mol. The van der Waals surface area contributed by atoms with Gasteiger partial charge in [0.15, 0.2) is 0 Å². The third-order valence-electron chi connectivity index (χ3n) is 5.08. The van der Waals surface area contributed by atoms with Crippen LogP contribution in [-0.4, -0.2) is 23.8 Å². The fourth-order valence-corrected chi connectivity index (χ4v) is 3.35. The normalized spacial score (nSPS) is 10.4. The average Bonchev–Trinajstić information content (AvgIpc) is 2.80. The first-order valence-corrected chi connectivity index (χ1v) is 10.3. The van der Waals surface area contributed by atoms with Crippen molar-refractivity contribution in [2.24, 2.45) is 0 Å². The van der Waals surface area contributed by atoms with Crippen LogP contribution in [0.4, 0.5) is 5.69 Å². The molecule has 0 saturated heterocycles. The molecule has 0 N–H and O–H groups in total. The second-order valence-corrected chi connectivity index (χ2v) is 7.36. The van der Waals surface area contributed by atoms with Gasteiger partial charge in [0.25, 0.3) is 0 Å². The molecule has 0 aliphatic carbocycles. The van der Waals surface area contributed by atoms with E-state index in [0.717, 1.165) is 16.8 Å². The summed E-state index contributed by atoms with van der Waals surface area (Å²) in [4.78, 5) is 29.0. The fraction of sp³-hybridized carbons (Fsp3) is 0.231. The summed E-state index contributed by atoms with van der Waals surface area (Å²) in [5.74, 6) is 0.0875. The topological polar surface area (TPSA) is 40.6 Å². The van der Waals surface area contributed by atoms with Crippen molar-refractivity contribution in [3.8, 4) is 0 Å². The number of amides is 2. The van der Waals surface area contributed by atoms with Crippen molar-refractivity contribution in [2.45, 2.75) is 32.4 Å². The van der Waals surface area contributed by atoms with Crippen LogP contribution in [0.25, 0.3) is 0 Å². The van der Waals surface area contributed by atoms with E-state index in [1.54, 1.807) is 11.9 Å². The number of hydrogen-bond acceptors (Lipinski definition) is 2. The van der Waals surface area contributed by atoms with Crippen molar-refractivity contribution >= 4 is 17.5 Å². The summed E-state index contributed by atoms with van der Waals surface area (Å²) in [6, 6.07) is 29.6. The quantitative estimate of drug-likeness (QED) is 0.504. The predicted octanol–water partition coefficient (Wildman–Crippen LogP) is 5.05. The highest BCUT2D eigenvalue weighted by Crippen LogP contribution is 2.15. The summed E-state index contributed by atoms with van der Waals surface area (Å²) < 4.78 is 0. The Kier molecular flexibility index (Phi) is 7.78. The van der Waals surface area contributed by atoms with E-state index in [0.29, 0.717) is 32.4 Å². The molecule has 0 aromatic heterocycles. The van der Waals surface area contributed by atoms with Crippen LogP contribution in [-0.2, 0) is 22.7 Å². The molecule has 30 heavy (non-hydrogen) atoms. The van der Waals surface area contributed by atoms with Gasteiger partial charge in [-0.05, 0) is 29.7 Å². The van der Waals surface area contributed by atoms with Crippen molar-refractivity contribution in [1.82, 2.24) is 4.90 Å². The van der Waals surface area contributed by atoms with Gasteiger partial charge in [0.1, 0.15) is 0 Å². The molecule has 0 atom stereocenters. The largest absolute Gasteiger partial charge is 0.334 e. The van der Waals surface area contributed by atoms with Gasteiger partial charge >= 0.3 is 0 Å².